The van der Waals surface area contributed by atoms with Crippen LogP contribution in [0.3, 0.4) is 0 Å². The van der Waals surface area contributed by atoms with Crippen LogP contribution in [0.15, 0.2) is 60.8 Å². The van der Waals surface area contributed by atoms with Crippen LogP contribution in [0.1, 0.15) is 11.3 Å². The van der Waals surface area contributed by atoms with E-state index in [-0.39, 0.29) is 0 Å². The molecule has 0 aliphatic heterocycles. The smallest absolute Gasteiger partial charge is 0.416 e. The van der Waals surface area contributed by atoms with Crippen molar-refractivity contribution in [1.82, 2.24) is 4.98 Å². The lowest BCUT2D eigenvalue weighted by atomic mass is 9.97. The molecule has 3 aromatic rings. The molecule has 5 heteroatoms. The highest BCUT2D eigenvalue weighted by Gasteiger charge is 2.30. The predicted octanol–water partition coefficient (Wildman–Crippen LogP) is 5.75. The number of ether oxygens (including phenoxy) is 1. The third-order valence-electron chi connectivity index (χ3n) is 3.93. The molecular weight excluding hydrogens is 327 g/mol. The zero-order valence-electron chi connectivity index (χ0n) is 13.8. The van der Waals surface area contributed by atoms with Crippen LogP contribution >= 0.6 is 0 Å². The molecule has 0 fully saturated rings. The van der Waals surface area contributed by atoms with Crippen LogP contribution in [0, 0.1) is 6.92 Å². The summed E-state index contributed by atoms with van der Waals surface area (Å²) in [7, 11) is 1.57. The Bertz CT molecular complexity index is 903. The van der Waals surface area contributed by atoms with E-state index in [4.69, 9.17) is 4.74 Å². The number of aryl methyl sites for hydroxylation is 1. The van der Waals surface area contributed by atoms with Crippen molar-refractivity contribution in [2.45, 2.75) is 13.1 Å². The maximum absolute atomic E-state index is 13.0. The summed E-state index contributed by atoms with van der Waals surface area (Å²) in [6.07, 6.45) is -2.67. The molecule has 0 aliphatic rings. The molecule has 2 nitrogen and oxygen atoms in total. The highest BCUT2D eigenvalue weighted by atomic mass is 19.4. The van der Waals surface area contributed by atoms with Crippen molar-refractivity contribution in [3.05, 3.63) is 72.1 Å². The second-order valence-electron chi connectivity index (χ2n) is 5.68. The quantitative estimate of drug-likeness (QED) is 0.604. The van der Waals surface area contributed by atoms with Crippen LogP contribution in [0.5, 0.6) is 5.75 Å². The van der Waals surface area contributed by atoms with Gasteiger partial charge in [-0.05, 0) is 60.0 Å². The highest BCUT2D eigenvalue weighted by molar-refractivity contribution is 5.78. The average molecular weight is 343 g/mol. The summed E-state index contributed by atoms with van der Waals surface area (Å²) in [5.41, 5.74) is 3.09. The van der Waals surface area contributed by atoms with Gasteiger partial charge in [0.25, 0.3) is 0 Å². The zero-order chi connectivity index (χ0) is 18.0. The number of pyridine rings is 1. The lowest BCUT2D eigenvalue weighted by molar-refractivity contribution is -0.137. The molecule has 0 unspecified atom stereocenters. The molecule has 25 heavy (non-hydrogen) atoms. The Morgan fingerprint density at radius 2 is 1.64 bits per heavy atom. The van der Waals surface area contributed by atoms with Gasteiger partial charge in [0, 0.05) is 17.5 Å². The number of halogens is 3. The molecule has 1 aromatic heterocycles. The Balaban J connectivity index is 2.12. The van der Waals surface area contributed by atoms with E-state index in [2.05, 4.69) is 4.98 Å². The van der Waals surface area contributed by atoms with Crippen LogP contribution in [0.4, 0.5) is 13.2 Å². The first-order chi connectivity index (χ1) is 11.9. The van der Waals surface area contributed by atoms with Crippen LogP contribution in [-0.4, -0.2) is 12.1 Å². The molecule has 0 bridgehead atoms. The van der Waals surface area contributed by atoms with E-state index in [1.807, 2.05) is 25.1 Å². The van der Waals surface area contributed by atoms with E-state index >= 15 is 0 Å². The molecule has 128 valence electrons. The minimum absolute atomic E-state index is 0.504. The Kier molecular flexibility index (Phi) is 4.49. The van der Waals surface area contributed by atoms with Gasteiger partial charge in [0.15, 0.2) is 0 Å². The third-order valence-corrected chi connectivity index (χ3v) is 3.93. The van der Waals surface area contributed by atoms with Gasteiger partial charge in [0.1, 0.15) is 5.75 Å². The van der Waals surface area contributed by atoms with Crippen molar-refractivity contribution in [2.24, 2.45) is 0 Å². The second kappa shape index (κ2) is 6.59. The number of methoxy groups -OCH3 is 1. The van der Waals surface area contributed by atoms with Gasteiger partial charge in [-0.2, -0.15) is 13.2 Å². The van der Waals surface area contributed by atoms with Gasteiger partial charge in [-0.1, -0.05) is 18.2 Å². The number of hydrogen-bond acceptors (Lipinski definition) is 2. The maximum atomic E-state index is 13.0. The molecule has 0 atom stereocenters. The molecule has 0 N–H and O–H groups in total. The maximum Gasteiger partial charge on any atom is 0.416 e. The number of nitrogens with zero attached hydrogens (tertiary/aromatic N) is 1. The molecule has 0 radical (unpaired) electrons. The van der Waals surface area contributed by atoms with Gasteiger partial charge in [-0.3, -0.25) is 4.98 Å². The van der Waals surface area contributed by atoms with Gasteiger partial charge in [-0.15, -0.1) is 0 Å². The van der Waals surface area contributed by atoms with Crippen molar-refractivity contribution >= 4 is 0 Å². The fourth-order valence-electron chi connectivity index (χ4n) is 2.70. The summed E-state index contributed by atoms with van der Waals surface area (Å²) in [6.45, 7) is 1.88. The number of hydrogen-bond donors (Lipinski definition) is 0. The van der Waals surface area contributed by atoms with Crippen LogP contribution in [0.2, 0.25) is 0 Å². The van der Waals surface area contributed by atoms with E-state index in [9.17, 15) is 13.2 Å². The summed E-state index contributed by atoms with van der Waals surface area (Å²) in [4.78, 5) is 4.17. The fraction of sp³-hybridized carbons (Fsp3) is 0.150. The van der Waals surface area contributed by atoms with Crippen LogP contribution < -0.4 is 4.74 Å². The largest absolute Gasteiger partial charge is 0.496 e. The lowest BCUT2D eigenvalue weighted by Crippen LogP contribution is -2.04. The molecule has 0 saturated heterocycles. The van der Waals surface area contributed by atoms with E-state index in [1.54, 1.807) is 31.5 Å². The summed E-state index contributed by atoms with van der Waals surface area (Å²) < 4.78 is 44.3. The highest BCUT2D eigenvalue weighted by Crippen LogP contribution is 2.36. The zero-order valence-corrected chi connectivity index (χ0v) is 13.8. The second-order valence-corrected chi connectivity index (χ2v) is 5.68. The number of benzene rings is 2. The molecule has 1 heterocycles. The van der Waals surface area contributed by atoms with Crippen molar-refractivity contribution in [2.75, 3.05) is 7.11 Å². The van der Waals surface area contributed by atoms with Gasteiger partial charge in [-0.25, -0.2) is 0 Å². The average Bonchev–Trinajstić information content (AvgIpc) is 2.60. The normalized spacial score (nSPS) is 11.4. The van der Waals surface area contributed by atoms with E-state index < -0.39 is 11.7 Å². The molecule has 0 saturated carbocycles. The molecule has 0 amide bonds. The summed E-state index contributed by atoms with van der Waals surface area (Å²) >= 11 is 0. The summed E-state index contributed by atoms with van der Waals surface area (Å²) in [5.74, 6) is 0.654. The predicted molar refractivity (Wildman–Crippen MR) is 91.4 cm³/mol. The minimum atomic E-state index is -4.37. The van der Waals surface area contributed by atoms with Crippen molar-refractivity contribution < 1.29 is 17.9 Å². The molecule has 0 aliphatic carbocycles. The first-order valence-corrected chi connectivity index (χ1v) is 7.67. The third kappa shape index (κ3) is 3.65. The van der Waals surface area contributed by atoms with Gasteiger partial charge >= 0.3 is 6.18 Å². The fourth-order valence-corrected chi connectivity index (χ4v) is 2.70. The van der Waals surface area contributed by atoms with E-state index in [1.165, 1.54) is 6.07 Å². The van der Waals surface area contributed by atoms with Gasteiger partial charge in [0.05, 0.1) is 12.7 Å². The Morgan fingerprint density at radius 1 is 0.880 bits per heavy atom. The van der Waals surface area contributed by atoms with Crippen LogP contribution in [0.25, 0.3) is 22.3 Å². The standard InChI is InChI=1S/C20H16F3NO/c1-13-10-16(8-9-24-13)18-12-15(6-7-19(18)25-2)14-4-3-5-17(11-14)20(21,22)23/h3-12H,1-2H3. The number of rotatable bonds is 3. The SMILES string of the molecule is COc1ccc(-c2cccc(C(F)(F)F)c2)cc1-c1ccnc(C)c1. The molecular formula is C20H16F3NO. The first kappa shape index (κ1) is 17.0. The van der Waals surface area contributed by atoms with Crippen molar-refractivity contribution in [3.8, 4) is 28.0 Å². The Hall–Kier alpha value is -2.82. The van der Waals surface area contributed by atoms with Crippen molar-refractivity contribution in [1.29, 1.82) is 0 Å². The summed E-state index contributed by atoms with van der Waals surface area (Å²) in [6, 6.07) is 14.4. The van der Waals surface area contributed by atoms with Gasteiger partial charge < -0.3 is 4.74 Å². The first-order valence-electron chi connectivity index (χ1n) is 7.67. The monoisotopic (exact) mass is 343 g/mol. The number of aromatic nitrogens is 1. The Labute approximate surface area is 143 Å². The Morgan fingerprint density at radius 3 is 2.32 bits per heavy atom. The summed E-state index contributed by atoms with van der Waals surface area (Å²) in [5, 5.41) is 0. The van der Waals surface area contributed by atoms with Gasteiger partial charge in [0.2, 0.25) is 0 Å². The topological polar surface area (TPSA) is 22.1 Å². The molecule has 0 spiro atoms. The molecule has 2 aromatic carbocycles. The van der Waals surface area contributed by atoms with Crippen molar-refractivity contribution in [3.63, 3.8) is 0 Å². The minimum Gasteiger partial charge on any atom is -0.496 e. The van der Waals surface area contributed by atoms with E-state index in [0.29, 0.717) is 16.9 Å². The van der Waals surface area contributed by atoms with E-state index in [0.717, 1.165) is 29.0 Å². The molecule has 3 rings (SSSR count). The lowest BCUT2D eigenvalue weighted by Gasteiger charge is -2.13. The van der Waals surface area contributed by atoms with Crippen LogP contribution in [-0.2, 0) is 6.18 Å². The number of alkyl halides is 3.